The van der Waals surface area contributed by atoms with E-state index in [-0.39, 0.29) is 28.9 Å². The van der Waals surface area contributed by atoms with E-state index >= 15 is 0 Å². The molecule has 2 aromatic rings. The highest BCUT2D eigenvalue weighted by molar-refractivity contribution is 6.05. The molecule has 1 fully saturated rings. The first-order valence-corrected chi connectivity index (χ1v) is 9.06. The standard InChI is InChI=1S/C20H21F2N3O2/c21-14-7-8-17(16(22)12-14)25-19(26)13-9-10-23-18(11-13)20(27)24-15-5-3-1-2-4-6-15/h7-12,15H,1-6H2,(H,24,27)(H,25,26). The lowest BCUT2D eigenvalue weighted by atomic mass is 10.1. The largest absolute Gasteiger partial charge is 0.348 e. The van der Waals surface area contributed by atoms with Gasteiger partial charge in [-0.2, -0.15) is 0 Å². The molecule has 1 aliphatic carbocycles. The summed E-state index contributed by atoms with van der Waals surface area (Å²) in [4.78, 5) is 28.8. The molecule has 1 heterocycles. The van der Waals surface area contributed by atoms with E-state index < -0.39 is 17.5 Å². The Morgan fingerprint density at radius 1 is 0.963 bits per heavy atom. The Labute approximate surface area is 156 Å². The molecule has 0 aliphatic heterocycles. The number of benzene rings is 1. The van der Waals surface area contributed by atoms with E-state index in [1.165, 1.54) is 31.2 Å². The Hall–Kier alpha value is -2.83. The van der Waals surface area contributed by atoms with E-state index in [4.69, 9.17) is 0 Å². The van der Waals surface area contributed by atoms with E-state index in [2.05, 4.69) is 15.6 Å². The minimum Gasteiger partial charge on any atom is -0.348 e. The van der Waals surface area contributed by atoms with Gasteiger partial charge in [0, 0.05) is 23.9 Å². The number of anilines is 1. The number of rotatable bonds is 4. The molecule has 7 heteroatoms. The smallest absolute Gasteiger partial charge is 0.270 e. The summed E-state index contributed by atoms with van der Waals surface area (Å²) in [6.07, 6.45) is 7.78. The first-order chi connectivity index (χ1) is 13.0. The van der Waals surface area contributed by atoms with Gasteiger partial charge in [-0.05, 0) is 37.1 Å². The summed E-state index contributed by atoms with van der Waals surface area (Å²) in [5.74, 6) is -2.54. The van der Waals surface area contributed by atoms with Crippen molar-refractivity contribution in [3.05, 3.63) is 59.4 Å². The fourth-order valence-electron chi connectivity index (χ4n) is 3.16. The quantitative estimate of drug-likeness (QED) is 0.794. The van der Waals surface area contributed by atoms with E-state index in [0.717, 1.165) is 37.8 Å². The molecule has 27 heavy (non-hydrogen) atoms. The molecular weight excluding hydrogens is 352 g/mol. The first-order valence-electron chi connectivity index (χ1n) is 9.06. The SMILES string of the molecule is O=C(Nc1ccc(F)cc1F)c1ccnc(C(=O)NC2CCCCCC2)c1. The molecule has 3 rings (SSSR count). The second-order valence-corrected chi connectivity index (χ2v) is 6.67. The van der Waals surface area contributed by atoms with Crippen LogP contribution in [0.3, 0.4) is 0 Å². The zero-order valence-corrected chi connectivity index (χ0v) is 14.8. The number of halogens is 2. The molecule has 0 bridgehead atoms. The van der Waals surface area contributed by atoms with Crippen LogP contribution in [-0.4, -0.2) is 22.8 Å². The van der Waals surface area contributed by atoms with Gasteiger partial charge in [-0.3, -0.25) is 14.6 Å². The van der Waals surface area contributed by atoms with Crippen LogP contribution >= 0.6 is 0 Å². The molecule has 1 aromatic carbocycles. The van der Waals surface area contributed by atoms with Crippen molar-refractivity contribution in [3.63, 3.8) is 0 Å². The van der Waals surface area contributed by atoms with Crippen LogP contribution in [0.5, 0.6) is 0 Å². The lowest BCUT2D eigenvalue weighted by Gasteiger charge is -2.16. The predicted molar refractivity (Wildman–Crippen MR) is 97.5 cm³/mol. The molecule has 1 saturated carbocycles. The summed E-state index contributed by atoms with van der Waals surface area (Å²) < 4.78 is 26.7. The normalized spacial score (nSPS) is 15.0. The molecular formula is C20H21F2N3O2. The maximum Gasteiger partial charge on any atom is 0.270 e. The fraction of sp³-hybridized carbons (Fsp3) is 0.350. The minimum absolute atomic E-state index is 0.118. The third-order valence-electron chi connectivity index (χ3n) is 4.62. The first kappa shape index (κ1) is 18.9. The van der Waals surface area contributed by atoms with Crippen molar-refractivity contribution in [2.24, 2.45) is 0 Å². The number of carbonyl (C=O) groups excluding carboxylic acids is 2. The predicted octanol–water partition coefficient (Wildman–Crippen LogP) is 4.06. The van der Waals surface area contributed by atoms with Crippen LogP contribution in [0.4, 0.5) is 14.5 Å². The highest BCUT2D eigenvalue weighted by Crippen LogP contribution is 2.18. The van der Waals surface area contributed by atoms with Crippen molar-refractivity contribution < 1.29 is 18.4 Å². The minimum atomic E-state index is -0.872. The van der Waals surface area contributed by atoms with Crippen LogP contribution < -0.4 is 10.6 Å². The van der Waals surface area contributed by atoms with E-state index in [9.17, 15) is 18.4 Å². The van der Waals surface area contributed by atoms with Crippen LogP contribution in [-0.2, 0) is 0 Å². The topological polar surface area (TPSA) is 71.1 Å². The monoisotopic (exact) mass is 373 g/mol. The Balaban J connectivity index is 1.68. The molecule has 142 valence electrons. The van der Waals surface area contributed by atoms with Gasteiger partial charge < -0.3 is 10.6 Å². The molecule has 0 atom stereocenters. The van der Waals surface area contributed by atoms with Gasteiger partial charge in [0.2, 0.25) is 0 Å². The Bertz CT molecular complexity index is 834. The van der Waals surface area contributed by atoms with Crippen molar-refractivity contribution in [1.82, 2.24) is 10.3 Å². The van der Waals surface area contributed by atoms with E-state index in [1.54, 1.807) is 0 Å². The van der Waals surface area contributed by atoms with Gasteiger partial charge in [-0.25, -0.2) is 8.78 Å². The van der Waals surface area contributed by atoms with Crippen LogP contribution in [0, 0.1) is 11.6 Å². The third kappa shape index (κ3) is 5.09. The number of aromatic nitrogens is 1. The summed E-state index contributed by atoms with van der Waals surface area (Å²) in [7, 11) is 0. The zero-order valence-electron chi connectivity index (χ0n) is 14.8. The molecule has 5 nitrogen and oxygen atoms in total. The van der Waals surface area contributed by atoms with Crippen LogP contribution in [0.1, 0.15) is 59.4 Å². The van der Waals surface area contributed by atoms with Gasteiger partial charge in [0.15, 0.2) is 0 Å². The van der Waals surface area contributed by atoms with E-state index in [0.29, 0.717) is 6.07 Å². The molecule has 0 radical (unpaired) electrons. The molecule has 1 aliphatic rings. The molecule has 2 N–H and O–H groups in total. The number of hydrogen-bond acceptors (Lipinski definition) is 3. The summed E-state index contributed by atoms with van der Waals surface area (Å²) in [6.45, 7) is 0. The van der Waals surface area contributed by atoms with Gasteiger partial charge >= 0.3 is 0 Å². The van der Waals surface area contributed by atoms with Crippen molar-refractivity contribution >= 4 is 17.5 Å². The van der Waals surface area contributed by atoms with Gasteiger partial charge in [0.25, 0.3) is 11.8 Å². The van der Waals surface area contributed by atoms with Crippen molar-refractivity contribution in [3.8, 4) is 0 Å². The maximum atomic E-state index is 13.7. The third-order valence-corrected chi connectivity index (χ3v) is 4.62. The summed E-state index contributed by atoms with van der Waals surface area (Å²) in [5, 5.41) is 5.34. The average molecular weight is 373 g/mol. The van der Waals surface area contributed by atoms with Gasteiger partial charge in [-0.1, -0.05) is 25.7 Å². The number of pyridine rings is 1. The molecule has 2 amide bonds. The Kier molecular flexibility index (Phi) is 6.11. The Morgan fingerprint density at radius 3 is 2.41 bits per heavy atom. The molecule has 0 unspecified atom stereocenters. The maximum absolute atomic E-state index is 13.7. The van der Waals surface area contributed by atoms with Crippen molar-refractivity contribution in [1.29, 1.82) is 0 Å². The van der Waals surface area contributed by atoms with Crippen LogP contribution in [0.15, 0.2) is 36.5 Å². The average Bonchev–Trinajstić information content (AvgIpc) is 2.92. The number of hydrogen-bond donors (Lipinski definition) is 2. The molecule has 0 saturated heterocycles. The van der Waals surface area contributed by atoms with Crippen molar-refractivity contribution in [2.75, 3.05) is 5.32 Å². The lowest BCUT2D eigenvalue weighted by molar-refractivity contribution is 0.0928. The highest BCUT2D eigenvalue weighted by Gasteiger charge is 2.18. The van der Waals surface area contributed by atoms with Gasteiger partial charge in [0.05, 0.1) is 5.69 Å². The second-order valence-electron chi connectivity index (χ2n) is 6.67. The highest BCUT2D eigenvalue weighted by atomic mass is 19.1. The fourth-order valence-corrected chi connectivity index (χ4v) is 3.16. The zero-order chi connectivity index (χ0) is 19.2. The number of nitrogens with one attached hydrogen (secondary N) is 2. The summed E-state index contributed by atoms with van der Waals surface area (Å²) in [5.41, 5.74) is 0.161. The van der Waals surface area contributed by atoms with Gasteiger partial charge in [-0.15, -0.1) is 0 Å². The van der Waals surface area contributed by atoms with Crippen LogP contribution in [0.25, 0.3) is 0 Å². The summed E-state index contributed by atoms with van der Waals surface area (Å²) >= 11 is 0. The lowest BCUT2D eigenvalue weighted by Crippen LogP contribution is -2.35. The summed E-state index contributed by atoms with van der Waals surface area (Å²) in [6, 6.07) is 5.79. The molecule has 0 spiro atoms. The Morgan fingerprint density at radius 2 is 1.70 bits per heavy atom. The van der Waals surface area contributed by atoms with Crippen LogP contribution in [0.2, 0.25) is 0 Å². The van der Waals surface area contributed by atoms with Crippen molar-refractivity contribution in [2.45, 2.75) is 44.6 Å². The van der Waals surface area contributed by atoms with E-state index in [1.807, 2.05) is 0 Å². The molecule has 1 aromatic heterocycles. The number of amides is 2. The second kappa shape index (κ2) is 8.70. The number of nitrogens with zero attached hydrogens (tertiary/aromatic N) is 1. The number of carbonyl (C=O) groups is 2. The van der Waals surface area contributed by atoms with Gasteiger partial charge in [0.1, 0.15) is 17.3 Å².